The quantitative estimate of drug-likeness (QED) is 0.775. The number of benzene rings is 1. The van der Waals surface area contributed by atoms with Crippen LogP contribution in [0.25, 0.3) is 0 Å². The highest BCUT2D eigenvalue weighted by molar-refractivity contribution is 5.99. The summed E-state index contributed by atoms with van der Waals surface area (Å²) in [5.41, 5.74) is 3.03. The van der Waals surface area contributed by atoms with Crippen molar-refractivity contribution in [2.24, 2.45) is 5.92 Å². The summed E-state index contributed by atoms with van der Waals surface area (Å²) in [5, 5.41) is 0. The Morgan fingerprint density at radius 3 is 2.48 bits per heavy atom. The van der Waals surface area contributed by atoms with Gasteiger partial charge in [-0.2, -0.15) is 0 Å². The Labute approximate surface area is 128 Å². The molecule has 1 fully saturated rings. The number of aryl methyl sites for hydroxylation is 2. The maximum atomic E-state index is 12.5. The molecule has 116 valence electrons. The van der Waals surface area contributed by atoms with E-state index in [0.29, 0.717) is 12.2 Å². The molecule has 1 aliphatic heterocycles. The van der Waals surface area contributed by atoms with Crippen LogP contribution in [0.3, 0.4) is 0 Å². The van der Waals surface area contributed by atoms with Crippen LogP contribution in [0.2, 0.25) is 0 Å². The summed E-state index contributed by atoms with van der Waals surface area (Å²) < 4.78 is 5.37. The smallest absolute Gasteiger partial charge is 0.167 e. The maximum Gasteiger partial charge on any atom is 0.167 e. The van der Waals surface area contributed by atoms with Gasteiger partial charge in [0.25, 0.3) is 0 Å². The number of piperidine rings is 1. The molecular formula is C18H27NO2. The molecule has 0 saturated carbocycles. The maximum absolute atomic E-state index is 12.5. The zero-order valence-corrected chi connectivity index (χ0v) is 13.7. The number of nitrogens with zero attached hydrogens (tertiary/aromatic N) is 1. The van der Waals surface area contributed by atoms with Crippen LogP contribution in [0.5, 0.6) is 5.75 Å². The number of carbonyl (C=O) groups excluding carboxylic acids is 1. The highest BCUT2D eigenvalue weighted by Gasteiger charge is 2.18. The van der Waals surface area contributed by atoms with Gasteiger partial charge in [-0.3, -0.25) is 4.79 Å². The van der Waals surface area contributed by atoms with Crippen molar-refractivity contribution in [2.75, 3.05) is 26.7 Å². The van der Waals surface area contributed by atoms with Crippen LogP contribution in [0.4, 0.5) is 0 Å². The van der Waals surface area contributed by atoms with E-state index < -0.39 is 0 Å². The molecule has 3 heteroatoms. The molecule has 3 nitrogen and oxygen atoms in total. The summed E-state index contributed by atoms with van der Waals surface area (Å²) in [6.07, 6.45) is 3.08. The van der Waals surface area contributed by atoms with E-state index in [4.69, 9.17) is 4.74 Å². The van der Waals surface area contributed by atoms with Crippen molar-refractivity contribution in [3.05, 3.63) is 28.8 Å². The van der Waals surface area contributed by atoms with Crippen molar-refractivity contribution in [1.82, 2.24) is 4.90 Å². The molecule has 1 aromatic rings. The summed E-state index contributed by atoms with van der Waals surface area (Å²) in [6.45, 7) is 9.50. The van der Waals surface area contributed by atoms with E-state index in [-0.39, 0.29) is 5.78 Å². The third-order valence-corrected chi connectivity index (χ3v) is 4.65. The molecule has 21 heavy (non-hydrogen) atoms. The second-order valence-corrected chi connectivity index (χ2v) is 6.33. The number of Topliss-reactive ketones (excluding diaryl/α,β-unsaturated/α-hetero) is 1. The first-order chi connectivity index (χ1) is 10.0. The fourth-order valence-corrected chi connectivity index (χ4v) is 2.86. The van der Waals surface area contributed by atoms with Gasteiger partial charge >= 0.3 is 0 Å². The predicted octanol–water partition coefficient (Wildman–Crippen LogP) is 3.62. The van der Waals surface area contributed by atoms with Crippen LogP contribution in [0, 0.1) is 19.8 Å². The third-order valence-electron chi connectivity index (χ3n) is 4.65. The van der Waals surface area contributed by atoms with Gasteiger partial charge < -0.3 is 9.64 Å². The molecule has 0 radical (unpaired) electrons. The SMILES string of the molecule is COc1cc(C)c(C)cc1C(=O)CCN1CCC(C)CC1. The van der Waals surface area contributed by atoms with Gasteiger partial charge in [-0.25, -0.2) is 0 Å². The summed E-state index contributed by atoms with van der Waals surface area (Å²) in [5.74, 6) is 1.72. The zero-order chi connectivity index (χ0) is 15.4. The van der Waals surface area contributed by atoms with Gasteiger partial charge in [-0.15, -0.1) is 0 Å². The molecule has 0 unspecified atom stereocenters. The van der Waals surface area contributed by atoms with Crippen LogP contribution in [0.1, 0.15) is 47.7 Å². The number of hydrogen-bond donors (Lipinski definition) is 0. The standard InChI is InChI=1S/C18H27NO2/c1-13-5-8-19(9-6-13)10-7-17(20)16-11-14(2)15(3)12-18(16)21-4/h11-13H,5-10H2,1-4H3. The largest absolute Gasteiger partial charge is 0.496 e. The Hall–Kier alpha value is -1.35. The fraction of sp³-hybridized carbons (Fsp3) is 0.611. The zero-order valence-electron chi connectivity index (χ0n) is 13.7. The lowest BCUT2D eigenvalue weighted by atomic mass is 9.98. The number of ether oxygens (including phenoxy) is 1. The number of hydrogen-bond acceptors (Lipinski definition) is 3. The number of methoxy groups -OCH3 is 1. The van der Waals surface area contributed by atoms with E-state index in [1.807, 2.05) is 26.0 Å². The van der Waals surface area contributed by atoms with Crippen LogP contribution in [-0.4, -0.2) is 37.4 Å². The number of likely N-dealkylation sites (tertiary alicyclic amines) is 1. The van der Waals surface area contributed by atoms with Crippen LogP contribution < -0.4 is 4.74 Å². The van der Waals surface area contributed by atoms with Crippen LogP contribution in [-0.2, 0) is 0 Å². The van der Waals surface area contributed by atoms with Crippen molar-refractivity contribution < 1.29 is 9.53 Å². The minimum absolute atomic E-state index is 0.188. The molecule has 1 saturated heterocycles. The summed E-state index contributed by atoms with van der Waals surface area (Å²) in [4.78, 5) is 14.9. The molecule has 0 bridgehead atoms. The molecule has 1 heterocycles. The summed E-state index contributed by atoms with van der Waals surface area (Å²) in [7, 11) is 1.63. The van der Waals surface area contributed by atoms with Gasteiger partial charge in [0.1, 0.15) is 5.75 Å². The monoisotopic (exact) mass is 289 g/mol. The van der Waals surface area contributed by atoms with Crippen molar-refractivity contribution in [2.45, 2.75) is 40.0 Å². The summed E-state index contributed by atoms with van der Waals surface area (Å²) >= 11 is 0. The Balaban J connectivity index is 1.98. The molecular weight excluding hydrogens is 262 g/mol. The van der Waals surface area contributed by atoms with Crippen LogP contribution >= 0.6 is 0 Å². The van der Waals surface area contributed by atoms with E-state index in [2.05, 4.69) is 11.8 Å². The Kier molecular flexibility index (Phi) is 5.40. The number of carbonyl (C=O) groups is 1. The third kappa shape index (κ3) is 4.07. The highest BCUT2D eigenvalue weighted by Crippen LogP contribution is 2.25. The van der Waals surface area contributed by atoms with Gasteiger partial charge in [0.2, 0.25) is 0 Å². The first kappa shape index (κ1) is 16.0. The van der Waals surface area contributed by atoms with E-state index in [1.165, 1.54) is 12.8 Å². The molecule has 0 aromatic heterocycles. The first-order valence-electron chi connectivity index (χ1n) is 7.92. The number of ketones is 1. The van der Waals surface area contributed by atoms with Crippen molar-refractivity contribution in [1.29, 1.82) is 0 Å². The molecule has 1 aromatic carbocycles. The molecule has 2 rings (SSSR count). The number of rotatable bonds is 5. The van der Waals surface area contributed by atoms with Gasteiger partial charge in [0, 0.05) is 13.0 Å². The summed E-state index contributed by atoms with van der Waals surface area (Å²) in [6, 6.07) is 3.93. The normalized spacial score (nSPS) is 17.0. The van der Waals surface area contributed by atoms with Crippen molar-refractivity contribution in [3.8, 4) is 5.75 Å². The van der Waals surface area contributed by atoms with E-state index in [9.17, 15) is 4.79 Å². The second kappa shape index (κ2) is 7.08. The minimum atomic E-state index is 0.188. The Bertz CT molecular complexity index is 502. The molecule has 0 aliphatic carbocycles. The van der Waals surface area contributed by atoms with Gasteiger partial charge in [-0.05, 0) is 69.0 Å². The van der Waals surface area contributed by atoms with Gasteiger partial charge in [0.05, 0.1) is 12.7 Å². The second-order valence-electron chi connectivity index (χ2n) is 6.33. The molecule has 0 amide bonds. The van der Waals surface area contributed by atoms with Crippen molar-refractivity contribution in [3.63, 3.8) is 0 Å². The average molecular weight is 289 g/mol. The Morgan fingerprint density at radius 1 is 1.24 bits per heavy atom. The minimum Gasteiger partial charge on any atom is -0.496 e. The highest BCUT2D eigenvalue weighted by atomic mass is 16.5. The lowest BCUT2D eigenvalue weighted by molar-refractivity contribution is 0.0950. The molecule has 0 atom stereocenters. The van der Waals surface area contributed by atoms with Gasteiger partial charge in [-0.1, -0.05) is 6.92 Å². The van der Waals surface area contributed by atoms with E-state index in [0.717, 1.165) is 42.2 Å². The average Bonchev–Trinajstić information content (AvgIpc) is 2.48. The fourth-order valence-electron chi connectivity index (χ4n) is 2.86. The van der Waals surface area contributed by atoms with E-state index >= 15 is 0 Å². The lowest BCUT2D eigenvalue weighted by Crippen LogP contribution is -2.34. The Morgan fingerprint density at radius 2 is 1.86 bits per heavy atom. The van der Waals surface area contributed by atoms with Crippen molar-refractivity contribution >= 4 is 5.78 Å². The molecule has 1 aliphatic rings. The van der Waals surface area contributed by atoms with E-state index in [1.54, 1.807) is 7.11 Å². The molecule has 0 N–H and O–H groups in total. The lowest BCUT2D eigenvalue weighted by Gasteiger charge is -2.29. The first-order valence-corrected chi connectivity index (χ1v) is 7.92. The van der Waals surface area contributed by atoms with Crippen LogP contribution in [0.15, 0.2) is 12.1 Å². The van der Waals surface area contributed by atoms with Gasteiger partial charge in [0.15, 0.2) is 5.78 Å². The topological polar surface area (TPSA) is 29.5 Å². The predicted molar refractivity (Wildman–Crippen MR) is 86.3 cm³/mol. The molecule has 0 spiro atoms.